The molecule has 2 aliphatic rings. The summed E-state index contributed by atoms with van der Waals surface area (Å²) in [5.41, 5.74) is 0. The van der Waals surface area contributed by atoms with Gasteiger partial charge in [0.05, 0.1) is 12.1 Å². The van der Waals surface area contributed by atoms with E-state index >= 15 is 0 Å². The summed E-state index contributed by atoms with van der Waals surface area (Å²) in [4.78, 5) is 13.2. The van der Waals surface area contributed by atoms with Crippen molar-refractivity contribution in [2.75, 3.05) is 26.7 Å². The number of ether oxygens (including phenoxy) is 1. The van der Waals surface area contributed by atoms with E-state index in [1.54, 1.807) is 0 Å². The largest absolute Gasteiger partial charge is 0.365 e. The van der Waals surface area contributed by atoms with Crippen molar-refractivity contribution in [3.8, 4) is 0 Å². The van der Waals surface area contributed by atoms with Gasteiger partial charge >= 0.3 is 0 Å². The highest BCUT2D eigenvalue weighted by molar-refractivity contribution is 5.78. The molecule has 0 saturated carbocycles. The van der Waals surface area contributed by atoms with Gasteiger partial charge in [0.1, 0.15) is 6.61 Å². The molecule has 2 heterocycles. The molecule has 0 spiro atoms. The summed E-state index contributed by atoms with van der Waals surface area (Å²) >= 11 is 0. The lowest BCUT2D eigenvalue weighted by molar-refractivity contribution is -0.140. The minimum absolute atomic E-state index is 0.0285. The average molecular weight is 170 g/mol. The van der Waals surface area contributed by atoms with E-state index in [0.717, 1.165) is 19.5 Å². The highest BCUT2D eigenvalue weighted by Crippen LogP contribution is 2.15. The number of carbonyl (C=O) groups excluding carboxylic acids is 1. The second kappa shape index (κ2) is 3.03. The third-order valence-electron chi connectivity index (χ3n) is 2.54. The number of likely N-dealkylation sites (tertiary alicyclic amines) is 1. The predicted molar refractivity (Wildman–Crippen MR) is 43.8 cm³/mol. The molecule has 2 unspecified atom stereocenters. The molecule has 12 heavy (non-hydrogen) atoms. The van der Waals surface area contributed by atoms with Crippen LogP contribution in [-0.2, 0) is 9.53 Å². The molecule has 0 radical (unpaired) electrons. The molecule has 4 nitrogen and oxygen atoms in total. The first kappa shape index (κ1) is 8.01. The molecule has 68 valence electrons. The van der Waals surface area contributed by atoms with Gasteiger partial charge in [0.25, 0.3) is 0 Å². The number of hydrogen-bond donors (Lipinski definition) is 1. The Balaban J connectivity index is 1.98. The van der Waals surface area contributed by atoms with Crippen LogP contribution >= 0.6 is 0 Å². The first-order valence-corrected chi connectivity index (χ1v) is 4.35. The van der Waals surface area contributed by atoms with Gasteiger partial charge in [-0.05, 0) is 20.0 Å². The van der Waals surface area contributed by atoms with Crippen LogP contribution in [0.4, 0.5) is 0 Å². The van der Waals surface area contributed by atoms with Crippen molar-refractivity contribution in [1.29, 1.82) is 0 Å². The van der Waals surface area contributed by atoms with Gasteiger partial charge in [0.15, 0.2) is 0 Å². The zero-order valence-electron chi connectivity index (χ0n) is 7.25. The van der Waals surface area contributed by atoms with Crippen LogP contribution < -0.4 is 5.32 Å². The van der Waals surface area contributed by atoms with E-state index in [1.807, 2.05) is 0 Å². The van der Waals surface area contributed by atoms with Gasteiger partial charge in [0, 0.05) is 6.54 Å². The number of morpholine rings is 1. The molecular weight excluding hydrogens is 156 g/mol. The number of amides is 1. The SMILES string of the molecule is CN1CCC2NC(=O)COC2C1. The molecule has 2 atom stereocenters. The maximum atomic E-state index is 10.9. The molecule has 2 aliphatic heterocycles. The van der Waals surface area contributed by atoms with Crippen molar-refractivity contribution in [3.63, 3.8) is 0 Å². The number of hydrogen-bond acceptors (Lipinski definition) is 3. The van der Waals surface area contributed by atoms with Gasteiger partial charge in [-0.3, -0.25) is 4.79 Å². The Morgan fingerprint density at radius 3 is 3.33 bits per heavy atom. The molecule has 2 saturated heterocycles. The van der Waals surface area contributed by atoms with Crippen LogP contribution in [0.3, 0.4) is 0 Å². The number of fused-ring (bicyclic) bond motifs is 1. The lowest BCUT2D eigenvalue weighted by Gasteiger charge is -2.39. The van der Waals surface area contributed by atoms with Crippen LogP contribution in [0.15, 0.2) is 0 Å². The van der Waals surface area contributed by atoms with Crippen molar-refractivity contribution in [2.45, 2.75) is 18.6 Å². The Morgan fingerprint density at radius 1 is 1.67 bits per heavy atom. The van der Waals surface area contributed by atoms with Crippen LogP contribution in [0.5, 0.6) is 0 Å². The molecule has 2 rings (SSSR count). The van der Waals surface area contributed by atoms with E-state index in [2.05, 4.69) is 17.3 Å². The topological polar surface area (TPSA) is 41.6 Å². The number of nitrogens with one attached hydrogen (secondary N) is 1. The Hall–Kier alpha value is -0.610. The highest BCUT2D eigenvalue weighted by atomic mass is 16.5. The van der Waals surface area contributed by atoms with Crippen LogP contribution in [0.1, 0.15) is 6.42 Å². The molecule has 1 N–H and O–H groups in total. The Morgan fingerprint density at radius 2 is 2.50 bits per heavy atom. The lowest BCUT2D eigenvalue weighted by Crippen LogP contribution is -2.58. The standard InChI is InChI=1S/C8H14N2O2/c1-10-3-2-6-7(4-10)12-5-8(11)9-6/h6-7H,2-5H2,1H3,(H,9,11). The van der Waals surface area contributed by atoms with Crippen LogP contribution in [0.2, 0.25) is 0 Å². The average Bonchev–Trinajstić information content (AvgIpc) is 2.05. The second-order valence-electron chi connectivity index (χ2n) is 3.57. The van der Waals surface area contributed by atoms with Crippen LogP contribution in [-0.4, -0.2) is 49.7 Å². The first-order valence-electron chi connectivity index (χ1n) is 4.35. The molecule has 0 aromatic rings. The van der Waals surface area contributed by atoms with Gasteiger partial charge in [0.2, 0.25) is 5.91 Å². The van der Waals surface area contributed by atoms with Gasteiger partial charge in [-0.2, -0.15) is 0 Å². The molecule has 0 bridgehead atoms. The van der Waals surface area contributed by atoms with Crippen LogP contribution in [0, 0.1) is 0 Å². The number of piperidine rings is 1. The van der Waals surface area contributed by atoms with Crippen molar-refractivity contribution >= 4 is 5.91 Å². The predicted octanol–water partition coefficient (Wildman–Crippen LogP) is -0.794. The van der Waals surface area contributed by atoms with E-state index in [1.165, 1.54) is 0 Å². The molecular formula is C8H14N2O2. The van der Waals surface area contributed by atoms with Crippen molar-refractivity contribution in [1.82, 2.24) is 10.2 Å². The molecule has 2 fully saturated rings. The normalized spacial score (nSPS) is 37.2. The highest BCUT2D eigenvalue weighted by Gasteiger charge is 2.33. The van der Waals surface area contributed by atoms with E-state index < -0.39 is 0 Å². The van der Waals surface area contributed by atoms with E-state index in [9.17, 15) is 4.79 Å². The maximum absolute atomic E-state index is 10.9. The number of rotatable bonds is 0. The second-order valence-corrected chi connectivity index (χ2v) is 3.57. The number of likely N-dealkylation sites (N-methyl/N-ethyl adjacent to an activating group) is 1. The quantitative estimate of drug-likeness (QED) is 0.518. The fourth-order valence-corrected chi connectivity index (χ4v) is 1.84. The summed E-state index contributed by atoms with van der Waals surface area (Å²) in [6.45, 7) is 2.21. The summed E-state index contributed by atoms with van der Waals surface area (Å²) < 4.78 is 5.41. The fourth-order valence-electron chi connectivity index (χ4n) is 1.84. The van der Waals surface area contributed by atoms with Gasteiger partial charge in [-0.1, -0.05) is 0 Å². The van der Waals surface area contributed by atoms with Crippen molar-refractivity contribution < 1.29 is 9.53 Å². The minimum Gasteiger partial charge on any atom is -0.365 e. The number of carbonyl (C=O) groups is 1. The Kier molecular flexibility index (Phi) is 2.02. The van der Waals surface area contributed by atoms with Crippen molar-refractivity contribution in [3.05, 3.63) is 0 Å². The van der Waals surface area contributed by atoms with Gasteiger partial charge in [-0.15, -0.1) is 0 Å². The zero-order valence-corrected chi connectivity index (χ0v) is 7.25. The van der Waals surface area contributed by atoms with Gasteiger partial charge in [-0.25, -0.2) is 0 Å². The summed E-state index contributed by atoms with van der Waals surface area (Å²) in [5.74, 6) is 0.0285. The van der Waals surface area contributed by atoms with E-state index in [4.69, 9.17) is 4.74 Å². The molecule has 0 aliphatic carbocycles. The number of nitrogens with zero attached hydrogens (tertiary/aromatic N) is 1. The minimum atomic E-state index is 0.0285. The maximum Gasteiger partial charge on any atom is 0.246 e. The molecule has 1 amide bonds. The van der Waals surface area contributed by atoms with E-state index in [-0.39, 0.29) is 24.7 Å². The fraction of sp³-hybridized carbons (Fsp3) is 0.875. The Bertz CT molecular complexity index is 195. The molecule has 4 heteroatoms. The summed E-state index contributed by atoms with van der Waals surface area (Å²) in [6.07, 6.45) is 1.22. The van der Waals surface area contributed by atoms with Gasteiger partial charge < -0.3 is 15.0 Å². The van der Waals surface area contributed by atoms with Crippen LogP contribution in [0.25, 0.3) is 0 Å². The molecule has 0 aromatic carbocycles. The summed E-state index contributed by atoms with van der Waals surface area (Å²) in [6, 6.07) is 0.252. The summed E-state index contributed by atoms with van der Waals surface area (Å²) in [5, 5.41) is 2.95. The van der Waals surface area contributed by atoms with Crippen molar-refractivity contribution in [2.24, 2.45) is 0 Å². The zero-order chi connectivity index (χ0) is 8.55. The lowest BCUT2D eigenvalue weighted by atomic mass is 10.0. The third-order valence-corrected chi connectivity index (χ3v) is 2.54. The molecule has 0 aromatic heterocycles. The first-order chi connectivity index (χ1) is 5.75. The Labute approximate surface area is 71.9 Å². The smallest absolute Gasteiger partial charge is 0.246 e. The monoisotopic (exact) mass is 170 g/mol. The summed E-state index contributed by atoms with van der Waals surface area (Å²) in [7, 11) is 2.08. The third kappa shape index (κ3) is 1.44. The van der Waals surface area contributed by atoms with E-state index in [0.29, 0.717) is 0 Å².